The lowest BCUT2D eigenvalue weighted by molar-refractivity contribution is -0.199. The van der Waals surface area contributed by atoms with E-state index in [9.17, 15) is 29.2 Å². The summed E-state index contributed by atoms with van der Waals surface area (Å²) in [5.41, 5.74) is 2.32. The molecule has 4 fully saturated rings. The topological polar surface area (TPSA) is 140 Å². The number of nitrogens with one attached hydrogen (secondary N) is 1. The van der Waals surface area contributed by atoms with Crippen LogP contribution in [0.4, 0.5) is 10.1 Å². The Bertz CT molecular complexity index is 2450. The minimum atomic E-state index is -1.11. The normalized spacial score (nSPS) is 25.1. The summed E-state index contributed by atoms with van der Waals surface area (Å²) in [6.45, 7) is 10.1. The van der Waals surface area contributed by atoms with Crippen LogP contribution in [-0.4, -0.2) is 70.6 Å². The van der Waals surface area contributed by atoms with E-state index in [1.807, 2.05) is 28.0 Å². The van der Waals surface area contributed by atoms with Crippen molar-refractivity contribution in [1.82, 2.24) is 15.1 Å². The van der Waals surface area contributed by atoms with Crippen LogP contribution in [-0.2, 0) is 16.1 Å². The predicted octanol–water partition coefficient (Wildman–Crippen LogP) is 5.86. The van der Waals surface area contributed by atoms with Crippen LogP contribution in [0, 0.1) is 51.2 Å². The summed E-state index contributed by atoms with van der Waals surface area (Å²) in [4.78, 5) is 68.8. The van der Waals surface area contributed by atoms with Gasteiger partial charge in [0.2, 0.25) is 11.8 Å². The summed E-state index contributed by atoms with van der Waals surface area (Å²) in [6.07, 6.45) is 1.54. The second kappa shape index (κ2) is 12.6. The Kier molecular flexibility index (Phi) is 8.18. The van der Waals surface area contributed by atoms with Crippen molar-refractivity contribution in [1.29, 1.82) is 5.26 Å². The number of piperidine rings is 1. The van der Waals surface area contributed by atoms with Crippen molar-refractivity contribution < 1.29 is 33.1 Å². The number of benzene rings is 3. The van der Waals surface area contributed by atoms with Crippen molar-refractivity contribution >= 4 is 46.8 Å². The molecular weight excluding hydrogens is 749 g/mol. The van der Waals surface area contributed by atoms with Crippen molar-refractivity contribution in [3.05, 3.63) is 92.8 Å². The molecule has 0 aromatic heterocycles. The molecule has 290 valence electrons. The van der Waals surface area contributed by atoms with Gasteiger partial charge in [0.1, 0.15) is 29.8 Å². The number of ether oxygens (including phenoxy) is 1. The van der Waals surface area contributed by atoms with E-state index in [0.717, 1.165) is 34.9 Å². The van der Waals surface area contributed by atoms with E-state index in [1.54, 1.807) is 18.2 Å². The van der Waals surface area contributed by atoms with E-state index < -0.39 is 35.5 Å². The first-order chi connectivity index (χ1) is 27.0. The van der Waals surface area contributed by atoms with Gasteiger partial charge in [-0.05, 0) is 67.3 Å². The maximum atomic E-state index is 15.4. The van der Waals surface area contributed by atoms with Gasteiger partial charge in [0.15, 0.2) is 0 Å². The number of nitrogens with zero attached hydrogens (tertiary/aromatic N) is 4. The van der Waals surface area contributed by atoms with Crippen LogP contribution >= 0.6 is 11.6 Å². The number of imide groups is 2. The number of fused-ring (bicyclic) bond motifs is 2. The lowest BCUT2D eigenvalue weighted by atomic mass is 9.49. The second-order valence-corrected chi connectivity index (χ2v) is 18.0. The minimum Gasteiger partial charge on any atom is -0.489 e. The number of anilines is 1. The standard InChI is InChI=1S/C44H39ClFN5O6/c1-42(2)40(43(3,4)41(42)57-27-9-8-25(19-47)31(45)14-27)50-20-26-13-23(7-10-28(26)37(50)54)5-6-24-17-44(18-24)21-49(22-44)34-16-30-29(15-32(34)46)38(55)51(39(30)56)33-11-12-35(52)48-36(33)53/h7-10,13-16,24,33,40-41H,11-12,17-18,20-22H2,1-4H3,(H,48,52,53)/t33?,40-,41-. The highest BCUT2D eigenvalue weighted by Crippen LogP contribution is 2.59. The fraction of sp³-hybridized carbons (Fsp3) is 0.409. The predicted molar refractivity (Wildman–Crippen MR) is 206 cm³/mol. The van der Waals surface area contributed by atoms with Crippen LogP contribution in [0.5, 0.6) is 5.75 Å². The van der Waals surface area contributed by atoms with Crippen molar-refractivity contribution in [2.24, 2.45) is 22.2 Å². The quantitative estimate of drug-likeness (QED) is 0.251. The van der Waals surface area contributed by atoms with Gasteiger partial charge in [-0.25, -0.2) is 4.39 Å². The summed E-state index contributed by atoms with van der Waals surface area (Å²) >= 11 is 6.27. The van der Waals surface area contributed by atoms with E-state index in [-0.39, 0.29) is 69.9 Å². The number of halogens is 2. The molecule has 6 aliphatic rings. The number of rotatable bonds is 5. The van der Waals surface area contributed by atoms with Gasteiger partial charge in [-0.1, -0.05) is 51.1 Å². The zero-order valence-electron chi connectivity index (χ0n) is 31.9. The molecule has 0 bridgehead atoms. The molecule has 11 nitrogen and oxygen atoms in total. The van der Waals surface area contributed by atoms with Crippen LogP contribution < -0.4 is 15.0 Å². The first kappa shape index (κ1) is 36.9. The van der Waals surface area contributed by atoms with E-state index in [2.05, 4.69) is 50.9 Å². The molecule has 2 aliphatic carbocycles. The smallest absolute Gasteiger partial charge is 0.262 e. The van der Waals surface area contributed by atoms with Gasteiger partial charge in [0.05, 0.1) is 27.4 Å². The lowest BCUT2D eigenvalue weighted by Gasteiger charge is -2.65. The zero-order valence-corrected chi connectivity index (χ0v) is 32.6. The molecule has 4 aliphatic heterocycles. The number of carbonyl (C=O) groups is 5. The van der Waals surface area contributed by atoms with E-state index in [0.29, 0.717) is 41.5 Å². The van der Waals surface area contributed by atoms with Crippen LogP contribution in [0.15, 0.2) is 48.5 Å². The molecule has 3 aromatic rings. The average molecular weight is 788 g/mol. The molecule has 4 heterocycles. The molecule has 5 amide bonds. The molecular formula is C44H39ClFN5O6. The SMILES string of the molecule is CC1(C)[C@H](Oc2ccc(C#N)c(Cl)c2)C(C)(C)[C@H]1N1Cc2cc(C#CC3CC4(C3)CN(c3cc5c(cc3F)C(=O)N(C3CCC(=O)NC3=O)C5=O)C4)ccc2C1=O. The molecule has 2 saturated carbocycles. The summed E-state index contributed by atoms with van der Waals surface area (Å²) < 4.78 is 21.8. The summed E-state index contributed by atoms with van der Waals surface area (Å²) in [5, 5.41) is 11.8. The second-order valence-electron chi connectivity index (χ2n) is 17.6. The highest BCUT2D eigenvalue weighted by molar-refractivity contribution is 6.31. The Morgan fingerprint density at radius 2 is 1.60 bits per heavy atom. The average Bonchev–Trinajstić information content (AvgIpc) is 3.55. The van der Waals surface area contributed by atoms with Crippen molar-refractivity contribution in [3.8, 4) is 23.7 Å². The first-order valence-electron chi connectivity index (χ1n) is 19.1. The van der Waals surface area contributed by atoms with Gasteiger partial charge >= 0.3 is 0 Å². The molecule has 0 radical (unpaired) electrons. The van der Waals surface area contributed by atoms with Crippen LogP contribution in [0.1, 0.15) is 101 Å². The highest BCUT2D eigenvalue weighted by atomic mass is 35.5. The Morgan fingerprint density at radius 1 is 0.895 bits per heavy atom. The van der Waals surface area contributed by atoms with E-state index in [1.165, 1.54) is 6.07 Å². The van der Waals surface area contributed by atoms with Gasteiger partial charge in [0.25, 0.3) is 17.7 Å². The fourth-order valence-corrected chi connectivity index (χ4v) is 11.0. The Hall–Kier alpha value is -5.72. The Balaban J connectivity index is 0.818. The van der Waals surface area contributed by atoms with Crippen LogP contribution in [0.2, 0.25) is 5.02 Å². The van der Waals surface area contributed by atoms with Gasteiger partial charge in [-0.2, -0.15) is 5.26 Å². The number of amides is 5. The zero-order chi connectivity index (χ0) is 40.3. The third-order valence-corrected chi connectivity index (χ3v) is 13.3. The number of carbonyl (C=O) groups excluding carboxylic acids is 5. The number of hydrogen-bond acceptors (Lipinski definition) is 8. The van der Waals surface area contributed by atoms with Crippen molar-refractivity contribution in [2.45, 2.75) is 78.1 Å². The third kappa shape index (κ3) is 5.63. The molecule has 57 heavy (non-hydrogen) atoms. The van der Waals surface area contributed by atoms with Crippen LogP contribution in [0.25, 0.3) is 0 Å². The maximum Gasteiger partial charge on any atom is 0.262 e. The van der Waals surface area contributed by atoms with Gasteiger partial charge in [0, 0.05) is 71.5 Å². The largest absolute Gasteiger partial charge is 0.489 e. The molecule has 1 atom stereocenters. The lowest BCUT2D eigenvalue weighted by Crippen LogP contribution is -2.74. The van der Waals surface area contributed by atoms with E-state index >= 15 is 4.39 Å². The van der Waals surface area contributed by atoms with Crippen molar-refractivity contribution in [2.75, 3.05) is 18.0 Å². The number of hydrogen-bond donors (Lipinski definition) is 1. The maximum absolute atomic E-state index is 15.4. The van der Waals surface area contributed by atoms with Gasteiger partial charge in [-0.3, -0.25) is 34.2 Å². The molecule has 1 unspecified atom stereocenters. The Labute approximate surface area is 334 Å². The molecule has 2 saturated heterocycles. The van der Waals surface area contributed by atoms with Crippen LogP contribution in [0.3, 0.4) is 0 Å². The third-order valence-electron chi connectivity index (χ3n) is 13.0. The summed E-state index contributed by atoms with van der Waals surface area (Å²) in [6, 6.07) is 14.2. The highest BCUT2D eigenvalue weighted by Gasteiger charge is 2.67. The van der Waals surface area contributed by atoms with Crippen molar-refractivity contribution in [3.63, 3.8) is 0 Å². The van der Waals surface area contributed by atoms with E-state index in [4.69, 9.17) is 16.3 Å². The molecule has 13 heteroatoms. The molecule has 3 aromatic carbocycles. The molecule has 1 N–H and O–H groups in total. The summed E-state index contributed by atoms with van der Waals surface area (Å²) in [7, 11) is 0. The first-order valence-corrected chi connectivity index (χ1v) is 19.5. The molecule has 1 spiro atoms. The van der Waals surface area contributed by atoms with Gasteiger partial charge in [-0.15, -0.1) is 0 Å². The summed E-state index contributed by atoms with van der Waals surface area (Å²) in [5.74, 6) is 4.32. The minimum absolute atomic E-state index is 0.00610. The monoisotopic (exact) mass is 787 g/mol. The molecule has 9 rings (SSSR count). The van der Waals surface area contributed by atoms with Gasteiger partial charge < -0.3 is 14.5 Å². The fourth-order valence-electron chi connectivity index (χ4n) is 10.8. The number of nitriles is 1. The Morgan fingerprint density at radius 3 is 2.26 bits per heavy atom.